The van der Waals surface area contributed by atoms with Gasteiger partial charge in [-0.1, -0.05) is 23.2 Å². The number of carbonyl (C=O) groups is 1. The van der Waals surface area contributed by atoms with Crippen LogP contribution in [0.2, 0.25) is 10.0 Å². The van der Waals surface area contributed by atoms with E-state index in [-0.39, 0.29) is 12.5 Å². The lowest BCUT2D eigenvalue weighted by Gasteiger charge is -2.12. The molecule has 0 atom stereocenters. The van der Waals surface area contributed by atoms with Crippen molar-refractivity contribution in [1.29, 1.82) is 0 Å². The second kappa shape index (κ2) is 8.52. The Morgan fingerprint density at radius 1 is 1.15 bits per heavy atom. The molecule has 0 unspecified atom stereocenters. The van der Waals surface area contributed by atoms with E-state index in [1.807, 2.05) is 13.0 Å². The lowest BCUT2D eigenvalue weighted by Crippen LogP contribution is -2.28. The van der Waals surface area contributed by atoms with Gasteiger partial charge in [-0.05, 0) is 48.4 Å². The summed E-state index contributed by atoms with van der Waals surface area (Å²) in [5.74, 6) is 1.52. The molecule has 0 aromatic heterocycles. The van der Waals surface area contributed by atoms with Gasteiger partial charge in [-0.3, -0.25) is 4.79 Å². The number of hydrogen-bond donors (Lipinski definition) is 1. The molecule has 26 heavy (non-hydrogen) atoms. The number of aryl methyl sites for hydroxylation is 1. The van der Waals surface area contributed by atoms with Crippen molar-refractivity contribution in [2.45, 2.75) is 19.9 Å². The lowest BCUT2D eigenvalue weighted by molar-refractivity contribution is -0.123. The van der Waals surface area contributed by atoms with Crippen molar-refractivity contribution in [3.63, 3.8) is 0 Å². The van der Waals surface area contributed by atoms with E-state index in [1.165, 1.54) is 0 Å². The van der Waals surface area contributed by atoms with Crippen LogP contribution in [-0.4, -0.2) is 25.7 Å². The first-order chi connectivity index (χ1) is 12.5. The van der Waals surface area contributed by atoms with E-state index >= 15 is 0 Å². The van der Waals surface area contributed by atoms with Crippen LogP contribution in [0, 0.1) is 6.92 Å². The topological polar surface area (TPSA) is 56.8 Å². The van der Waals surface area contributed by atoms with Gasteiger partial charge in [0.1, 0.15) is 5.75 Å². The molecule has 138 valence electrons. The first-order valence-electron chi connectivity index (χ1n) is 8.26. The largest absolute Gasteiger partial charge is 0.489 e. The molecule has 0 spiro atoms. The smallest absolute Gasteiger partial charge is 0.258 e. The maximum absolute atomic E-state index is 12.0. The van der Waals surface area contributed by atoms with Crippen LogP contribution in [0.5, 0.6) is 17.2 Å². The van der Waals surface area contributed by atoms with E-state index in [0.717, 1.165) is 17.5 Å². The number of rotatable bonds is 5. The van der Waals surface area contributed by atoms with Crippen LogP contribution in [-0.2, 0) is 11.3 Å². The van der Waals surface area contributed by atoms with Gasteiger partial charge in [-0.15, -0.1) is 0 Å². The molecular weight excluding hydrogens is 377 g/mol. The molecule has 0 bridgehead atoms. The molecule has 3 rings (SSSR count). The normalized spacial score (nSPS) is 13.0. The van der Waals surface area contributed by atoms with E-state index in [2.05, 4.69) is 5.32 Å². The van der Waals surface area contributed by atoms with Crippen molar-refractivity contribution < 1.29 is 19.0 Å². The van der Waals surface area contributed by atoms with Crippen LogP contribution in [0.4, 0.5) is 0 Å². The summed E-state index contributed by atoms with van der Waals surface area (Å²) in [5, 5.41) is 3.93. The Labute approximate surface area is 162 Å². The fraction of sp³-hybridized carbons (Fsp3) is 0.316. The van der Waals surface area contributed by atoms with E-state index in [4.69, 9.17) is 37.4 Å². The van der Waals surface area contributed by atoms with Gasteiger partial charge >= 0.3 is 0 Å². The molecule has 0 radical (unpaired) electrons. The molecule has 1 aliphatic heterocycles. The van der Waals surface area contributed by atoms with Gasteiger partial charge in [0.2, 0.25) is 0 Å². The second-order valence-corrected chi connectivity index (χ2v) is 6.75. The van der Waals surface area contributed by atoms with Gasteiger partial charge in [0.05, 0.1) is 18.2 Å². The molecule has 1 amide bonds. The van der Waals surface area contributed by atoms with Crippen molar-refractivity contribution >= 4 is 29.1 Å². The van der Waals surface area contributed by atoms with Crippen LogP contribution < -0.4 is 19.5 Å². The van der Waals surface area contributed by atoms with Crippen molar-refractivity contribution in [3.8, 4) is 17.2 Å². The Bertz CT molecular complexity index is 810. The predicted molar refractivity (Wildman–Crippen MR) is 101 cm³/mol. The first-order valence-corrected chi connectivity index (χ1v) is 9.02. The Kier molecular flexibility index (Phi) is 6.12. The van der Waals surface area contributed by atoms with Crippen LogP contribution >= 0.6 is 23.2 Å². The number of amides is 1. The predicted octanol–water partition coefficient (Wildman–Crippen LogP) is 4.16. The third kappa shape index (κ3) is 4.74. The van der Waals surface area contributed by atoms with Crippen molar-refractivity contribution in [2.24, 2.45) is 0 Å². The van der Waals surface area contributed by atoms with Crippen molar-refractivity contribution in [1.82, 2.24) is 5.32 Å². The molecular formula is C19H19Cl2NO4. The van der Waals surface area contributed by atoms with Crippen LogP contribution in [0.3, 0.4) is 0 Å². The zero-order chi connectivity index (χ0) is 18.5. The number of ether oxygens (including phenoxy) is 3. The summed E-state index contributed by atoms with van der Waals surface area (Å²) in [4.78, 5) is 12.0. The molecule has 0 aliphatic carbocycles. The molecule has 1 heterocycles. The maximum atomic E-state index is 12.0. The minimum Gasteiger partial charge on any atom is -0.489 e. The zero-order valence-electron chi connectivity index (χ0n) is 14.3. The summed E-state index contributed by atoms with van der Waals surface area (Å²) >= 11 is 12.2. The molecule has 0 fully saturated rings. The average molecular weight is 396 g/mol. The highest BCUT2D eigenvalue weighted by Crippen LogP contribution is 2.37. The average Bonchev–Trinajstić information content (AvgIpc) is 2.87. The molecule has 2 aromatic carbocycles. The Hall–Kier alpha value is -2.11. The zero-order valence-corrected chi connectivity index (χ0v) is 15.8. The second-order valence-electron chi connectivity index (χ2n) is 5.93. The highest BCUT2D eigenvalue weighted by atomic mass is 35.5. The van der Waals surface area contributed by atoms with Gasteiger partial charge in [0.15, 0.2) is 18.1 Å². The Morgan fingerprint density at radius 2 is 1.96 bits per heavy atom. The molecule has 5 nitrogen and oxygen atoms in total. The molecule has 2 aromatic rings. The van der Waals surface area contributed by atoms with E-state index < -0.39 is 0 Å². The van der Waals surface area contributed by atoms with Crippen LogP contribution in [0.15, 0.2) is 30.3 Å². The highest BCUT2D eigenvalue weighted by molar-refractivity contribution is 6.32. The number of halogens is 2. The fourth-order valence-electron chi connectivity index (χ4n) is 2.49. The summed E-state index contributed by atoms with van der Waals surface area (Å²) in [6, 6.07) is 8.85. The summed E-state index contributed by atoms with van der Waals surface area (Å²) in [6.07, 6.45) is 0.804. The summed E-state index contributed by atoms with van der Waals surface area (Å²) in [6.45, 7) is 3.26. The van der Waals surface area contributed by atoms with Gasteiger partial charge in [0, 0.05) is 18.0 Å². The number of benzene rings is 2. The third-order valence-electron chi connectivity index (χ3n) is 3.85. The summed E-state index contributed by atoms with van der Waals surface area (Å²) in [7, 11) is 0. The van der Waals surface area contributed by atoms with Crippen molar-refractivity contribution in [3.05, 3.63) is 51.5 Å². The van der Waals surface area contributed by atoms with Crippen LogP contribution in [0.25, 0.3) is 0 Å². The molecule has 1 aliphatic rings. The number of carbonyl (C=O) groups excluding carboxylic acids is 1. The number of nitrogens with one attached hydrogen (secondary N) is 1. The third-order valence-corrected chi connectivity index (χ3v) is 4.56. The Balaban J connectivity index is 1.55. The highest BCUT2D eigenvalue weighted by Gasteiger charge is 2.16. The van der Waals surface area contributed by atoms with Gasteiger partial charge < -0.3 is 19.5 Å². The number of fused-ring (bicyclic) bond motifs is 1. The first kappa shape index (κ1) is 18.7. The molecule has 0 saturated heterocycles. The van der Waals surface area contributed by atoms with E-state index in [1.54, 1.807) is 24.3 Å². The quantitative estimate of drug-likeness (QED) is 0.825. The Morgan fingerprint density at radius 3 is 2.77 bits per heavy atom. The lowest BCUT2D eigenvalue weighted by atomic mass is 10.2. The van der Waals surface area contributed by atoms with Gasteiger partial charge in [0.25, 0.3) is 5.91 Å². The summed E-state index contributed by atoms with van der Waals surface area (Å²) in [5.41, 5.74) is 1.72. The SMILES string of the molecule is Cc1cc(OCC(=O)NCc2cc(Cl)c3c(c2)OCCCO3)ccc1Cl. The molecule has 0 saturated carbocycles. The van der Waals surface area contributed by atoms with Crippen LogP contribution in [0.1, 0.15) is 17.5 Å². The molecule has 7 heteroatoms. The standard InChI is InChI=1S/C19H19Cl2NO4/c1-12-7-14(3-4-15(12)20)26-11-18(23)22-10-13-8-16(21)19-17(9-13)24-5-2-6-25-19/h3-4,7-9H,2,5-6,10-11H2,1H3,(H,22,23). The number of hydrogen-bond acceptors (Lipinski definition) is 4. The molecule has 1 N–H and O–H groups in total. The monoisotopic (exact) mass is 395 g/mol. The van der Waals surface area contributed by atoms with Crippen molar-refractivity contribution in [2.75, 3.05) is 19.8 Å². The fourth-order valence-corrected chi connectivity index (χ4v) is 2.90. The minimum absolute atomic E-state index is 0.0840. The van der Waals surface area contributed by atoms with Gasteiger partial charge in [-0.2, -0.15) is 0 Å². The maximum Gasteiger partial charge on any atom is 0.258 e. The van der Waals surface area contributed by atoms with E-state index in [9.17, 15) is 4.79 Å². The van der Waals surface area contributed by atoms with E-state index in [0.29, 0.717) is 47.1 Å². The van der Waals surface area contributed by atoms with Gasteiger partial charge in [-0.25, -0.2) is 0 Å². The summed E-state index contributed by atoms with van der Waals surface area (Å²) < 4.78 is 16.7. The minimum atomic E-state index is -0.235.